The van der Waals surface area contributed by atoms with E-state index in [2.05, 4.69) is 10.3 Å². The number of para-hydroxylation sites is 1. The van der Waals surface area contributed by atoms with Crippen LogP contribution in [0.5, 0.6) is 17.2 Å². The summed E-state index contributed by atoms with van der Waals surface area (Å²) in [7, 11) is 4.11. The van der Waals surface area contributed by atoms with Crippen molar-refractivity contribution in [2.45, 2.75) is 25.9 Å². The van der Waals surface area contributed by atoms with Gasteiger partial charge in [-0.05, 0) is 44.2 Å². The number of aliphatic imine (C=N–C) groups is 1. The van der Waals surface area contributed by atoms with Gasteiger partial charge in [-0.1, -0.05) is 18.2 Å². The van der Waals surface area contributed by atoms with Crippen molar-refractivity contribution in [1.82, 2.24) is 5.32 Å². The van der Waals surface area contributed by atoms with Crippen LogP contribution in [0.15, 0.2) is 64.8 Å². The van der Waals surface area contributed by atoms with Crippen LogP contribution >= 0.6 is 0 Å². The molecule has 1 aliphatic heterocycles. The molecule has 0 fully saturated rings. The molecule has 210 valence electrons. The Morgan fingerprint density at radius 3 is 2.41 bits per heavy atom. The molecule has 2 aromatic rings. The van der Waals surface area contributed by atoms with Gasteiger partial charge in [0.2, 0.25) is 0 Å². The normalized spacial score (nSPS) is 17.6. The molecule has 1 aliphatic rings. The van der Waals surface area contributed by atoms with E-state index in [-0.39, 0.29) is 18.8 Å². The fourth-order valence-electron chi connectivity index (χ4n) is 4.48. The second kappa shape index (κ2) is 14.3. The van der Waals surface area contributed by atoms with Crippen LogP contribution in [0.2, 0.25) is 0 Å². The van der Waals surface area contributed by atoms with E-state index < -0.39 is 29.9 Å². The lowest BCUT2D eigenvalue weighted by Gasteiger charge is -2.32. The second-order valence-electron chi connectivity index (χ2n) is 8.96. The Balaban J connectivity index is 1.75. The number of hydrogen-bond donors (Lipinski definition) is 2. The highest BCUT2D eigenvalue weighted by molar-refractivity contribution is 6.07. The summed E-state index contributed by atoms with van der Waals surface area (Å²) in [5, 5.41) is 13.4. The summed E-state index contributed by atoms with van der Waals surface area (Å²) in [6.45, 7) is 4.57. The average molecular weight is 541 g/mol. The third kappa shape index (κ3) is 7.58. The molecule has 0 saturated carbocycles. The summed E-state index contributed by atoms with van der Waals surface area (Å²) in [4.78, 5) is 30.2. The number of esters is 2. The zero-order valence-corrected chi connectivity index (χ0v) is 22.9. The minimum absolute atomic E-state index is 0.153. The number of hydrogen-bond acceptors (Lipinski definition) is 10. The number of benzene rings is 2. The first kappa shape index (κ1) is 29.7. The molecule has 0 bridgehead atoms. The Kier molecular flexibility index (Phi) is 10.9. The maximum absolute atomic E-state index is 12.9. The number of methoxy groups -OCH3 is 3. The third-order valence-corrected chi connectivity index (χ3v) is 6.34. The fraction of sp³-hybridized carbons (Fsp3) is 0.414. The fourth-order valence-corrected chi connectivity index (χ4v) is 4.48. The van der Waals surface area contributed by atoms with E-state index in [4.69, 9.17) is 23.7 Å². The minimum atomic E-state index is -0.861. The van der Waals surface area contributed by atoms with Gasteiger partial charge in [-0.2, -0.15) is 0 Å². The van der Waals surface area contributed by atoms with Crippen LogP contribution in [0.3, 0.4) is 0 Å². The first-order valence-electron chi connectivity index (χ1n) is 12.6. The quantitative estimate of drug-likeness (QED) is 0.291. The summed E-state index contributed by atoms with van der Waals surface area (Å²) >= 11 is 0. The van der Waals surface area contributed by atoms with Gasteiger partial charge < -0.3 is 34.1 Å². The Hall–Kier alpha value is -3.89. The first-order valence-corrected chi connectivity index (χ1v) is 12.6. The molecule has 2 N–H and O–H groups in total. The summed E-state index contributed by atoms with van der Waals surface area (Å²) in [6.07, 6.45) is -0.706. The molecule has 3 unspecified atom stereocenters. The van der Waals surface area contributed by atoms with Crippen LogP contribution < -0.4 is 19.5 Å². The Bertz CT molecular complexity index is 1200. The van der Waals surface area contributed by atoms with Gasteiger partial charge >= 0.3 is 11.9 Å². The molecular formula is C29H36N2O8. The molecule has 10 heteroatoms. The van der Waals surface area contributed by atoms with Gasteiger partial charge in [-0.3, -0.25) is 9.79 Å². The molecule has 1 heterocycles. The van der Waals surface area contributed by atoms with Crippen molar-refractivity contribution in [3.8, 4) is 17.2 Å². The summed E-state index contributed by atoms with van der Waals surface area (Å²) in [5.41, 5.74) is 1.78. The molecule has 0 radical (unpaired) electrons. The van der Waals surface area contributed by atoms with Gasteiger partial charge in [0.1, 0.15) is 42.5 Å². The van der Waals surface area contributed by atoms with E-state index in [1.807, 2.05) is 30.3 Å². The number of ether oxygens (including phenoxy) is 5. The Morgan fingerprint density at radius 2 is 1.74 bits per heavy atom. The topological polar surface area (TPSA) is 125 Å². The van der Waals surface area contributed by atoms with Crippen molar-refractivity contribution in [1.29, 1.82) is 0 Å². The van der Waals surface area contributed by atoms with Crippen molar-refractivity contribution in [3.63, 3.8) is 0 Å². The number of nitrogens with zero attached hydrogens (tertiary/aromatic N) is 1. The molecule has 2 aromatic carbocycles. The zero-order chi connectivity index (χ0) is 28.4. The number of nitrogens with one attached hydrogen (secondary N) is 1. The number of aliphatic hydroxyl groups excluding tert-OH is 1. The lowest BCUT2D eigenvalue weighted by molar-refractivity contribution is -0.143. The Labute approximate surface area is 228 Å². The average Bonchev–Trinajstić information content (AvgIpc) is 2.95. The van der Waals surface area contributed by atoms with Crippen molar-refractivity contribution < 1.29 is 38.4 Å². The summed E-state index contributed by atoms with van der Waals surface area (Å²) < 4.78 is 27.2. The first-order chi connectivity index (χ1) is 18.8. The largest absolute Gasteiger partial charge is 0.497 e. The van der Waals surface area contributed by atoms with Crippen molar-refractivity contribution in [2.24, 2.45) is 10.9 Å². The lowest BCUT2D eigenvalue weighted by atomic mass is 9.75. The minimum Gasteiger partial charge on any atom is -0.497 e. The summed E-state index contributed by atoms with van der Waals surface area (Å²) in [5.74, 6) is -1.06. The van der Waals surface area contributed by atoms with E-state index in [0.717, 1.165) is 0 Å². The predicted octanol–water partition coefficient (Wildman–Crippen LogP) is 2.90. The molecule has 39 heavy (non-hydrogen) atoms. The smallest absolute Gasteiger partial charge is 0.336 e. The van der Waals surface area contributed by atoms with Crippen LogP contribution in [-0.2, 0) is 19.1 Å². The Morgan fingerprint density at radius 1 is 1.00 bits per heavy atom. The number of carbonyl (C=O) groups is 2. The van der Waals surface area contributed by atoms with E-state index >= 15 is 0 Å². The predicted molar refractivity (Wildman–Crippen MR) is 145 cm³/mol. The number of rotatable bonds is 13. The molecule has 3 rings (SSSR count). The van der Waals surface area contributed by atoms with Gasteiger partial charge in [0.15, 0.2) is 0 Å². The SMILES string of the molecule is COC(=O)C1=C(C)N=C(C)C(C(=O)OC)C1c1cc(OC)ccc1OCCNCC(O)COc1ccccc1. The highest BCUT2D eigenvalue weighted by Gasteiger charge is 2.43. The van der Waals surface area contributed by atoms with Crippen LogP contribution in [-0.4, -0.2) is 76.5 Å². The lowest BCUT2D eigenvalue weighted by Crippen LogP contribution is -2.36. The van der Waals surface area contributed by atoms with E-state index in [0.29, 0.717) is 47.3 Å². The van der Waals surface area contributed by atoms with Crippen LogP contribution in [0, 0.1) is 5.92 Å². The molecule has 0 spiro atoms. The summed E-state index contributed by atoms with van der Waals surface area (Å²) in [6, 6.07) is 14.5. The highest BCUT2D eigenvalue weighted by Crippen LogP contribution is 2.44. The van der Waals surface area contributed by atoms with E-state index in [1.54, 1.807) is 32.0 Å². The molecular weight excluding hydrogens is 504 g/mol. The van der Waals surface area contributed by atoms with E-state index in [9.17, 15) is 14.7 Å². The number of carbonyl (C=O) groups excluding carboxylic acids is 2. The monoisotopic (exact) mass is 540 g/mol. The van der Waals surface area contributed by atoms with Gasteiger partial charge in [-0.15, -0.1) is 0 Å². The molecule has 0 saturated heterocycles. The molecule has 0 aromatic heterocycles. The standard InChI is InChI=1S/C29H36N2O8/c1-18-25(28(33)36-4)27(26(19(2)31-18)29(34)37-5)23-15-22(35-3)11-12-24(23)38-14-13-30-16-20(32)17-39-21-9-7-6-8-10-21/h6-12,15,20,25,27,30,32H,13-14,16-17H2,1-5H3. The van der Waals surface area contributed by atoms with Gasteiger partial charge in [0.25, 0.3) is 0 Å². The molecule has 3 atom stereocenters. The zero-order valence-electron chi connectivity index (χ0n) is 22.9. The van der Waals surface area contributed by atoms with Gasteiger partial charge in [0, 0.05) is 36.0 Å². The van der Waals surface area contributed by atoms with Crippen molar-refractivity contribution in [3.05, 3.63) is 65.4 Å². The van der Waals surface area contributed by atoms with Crippen molar-refractivity contribution in [2.75, 3.05) is 47.6 Å². The second-order valence-corrected chi connectivity index (χ2v) is 8.96. The van der Waals surface area contributed by atoms with Crippen LogP contribution in [0.25, 0.3) is 0 Å². The van der Waals surface area contributed by atoms with E-state index in [1.165, 1.54) is 21.3 Å². The van der Waals surface area contributed by atoms with Gasteiger partial charge in [-0.25, -0.2) is 4.79 Å². The highest BCUT2D eigenvalue weighted by atomic mass is 16.5. The molecule has 0 amide bonds. The maximum Gasteiger partial charge on any atom is 0.336 e. The number of allylic oxidation sites excluding steroid dienone is 1. The number of aliphatic hydroxyl groups is 1. The van der Waals surface area contributed by atoms with Crippen LogP contribution in [0.1, 0.15) is 25.3 Å². The molecule has 10 nitrogen and oxygen atoms in total. The molecule has 0 aliphatic carbocycles. The maximum atomic E-state index is 12.9. The van der Waals surface area contributed by atoms with Gasteiger partial charge in [0.05, 0.1) is 26.9 Å². The van der Waals surface area contributed by atoms with Crippen LogP contribution in [0.4, 0.5) is 0 Å². The van der Waals surface area contributed by atoms with Crippen molar-refractivity contribution >= 4 is 17.7 Å². The third-order valence-electron chi connectivity index (χ3n) is 6.34.